The highest BCUT2D eigenvalue weighted by Crippen LogP contribution is 2.37. The maximum atomic E-state index is 13.5. The Hall–Kier alpha value is -3.27. The van der Waals surface area contributed by atoms with Crippen LogP contribution in [0.5, 0.6) is 5.75 Å². The summed E-state index contributed by atoms with van der Waals surface area (Å²) in [5, 5.41) is 3.61. The molecule has 1 aliphatic heterocycles. The van der Waals surface area contributed by atoms with Crippen molar-refractivity contribution < 1.29 is 9.53 Å². The van der Waals surface area contributed by atoms with Crippen LogP contribution in [0.3, 0.4) is 0 Å². The molecule has 3 aromatic rings. The van der Waals surface area contributed by atoms with E-state index in [-0.39, 0.29) is 12.1 Å². The summed E-state index contributed by atoms with van der Waals surface area (Å²) in [6.45, 7) is 3.53. The first-order chi connectivity index (χ1) is 15.8. The van der Waals surface area contributed by atoms with Crippen LogP contribution in [-0.4, -0.2) is 24.0 Å². The fourth-order valence-electron chi connectivity index (χ4n) is 4.21. The number of benzene rings is 3. The van der Waals surface area contributed by atoms with Gasteiger partial charge in [0, 0.05) is 17.8 Å². The van der Waals surface area contributed by atoms with Gasteiger partial charge in [-0.1, -0.05) is 86.8 Å². The minimum atomic E-state index is -0.270. The predicted molar refractivity (Wildman–Crippen MR) is 130 cm³/mol. The molecule has 1 N–H and O–H groups in total. The van der Waals surface area contributed by atoms with Crippen molar-refractivity contribution in [1.29, 1.82) is 0 Å². The lowest BCUT2D eigenvalue weighted by atomic mass is 10.0. The van der Waals surface area contributed by atoms with Crippen LogP contribution in [-0.2, 0) is 6.42 Å². The number of fused-ring (bicyclic) bond motifs is 1. The Balaban J connectivity index is 1.59. The predicted octanol–water partition coefficient (Wildman–Crippen LogP) is 6.45. The van der Waals surface area contributed by atoms with E-state index >= 15 is 0 Å². The number of hydrogen-bond donors (Lipinski definition) is 1. The SMILES string of the molecule is CCCCCCOc1ccccc1C1Nc2ccccc2C(=O)N1CCc1ccccc1. The number of carbonyl (C=O) groups is 1. The van der Waals surface area contributed by atoms with Gasteiger partial charge in [-0.3, -0.25) is 4.79 Å². The molecule has 0 saturated carbocycles. The third-order valence-corrected chi connectivity index (χ3v) is 5.98. The van der Waals surface area contributed by atoms with E-state index in [9.17, 15) is 4.79 Å². The lowest BCUT2D eigenvalue weighted by Crippen LogP contribution is -2.44. The Morgan fingerprint density at radius 2 is 1.62 bits per heavy atom. The zero-order chi connectivity index (χ0) is 22.2. The number of rotatable bonds is 10. The number of hydrogen-bond acceptors (Lipinski definition) is 3. The lowest BCUT2D eigenvalue weighted by Gasteiger charge is -2.38. The Bertz CT molecular complexity index is 1020. The molecule has 0 saturated heterocycles. The van der Waals surface area contributed by atoms with Gasteiger partial charge in [0.25, 0.3) is 5.91 Å². The quantitative estimate of drug-likeness (QED) is 0.377. The summed E-state index contributed by atoms with van der Waals surface area (Å²) in [7, 11) is 0. The van der Waals surface area contributed by atoms with Crippen molar-refractivity contribution in [3.05, 3.63) is 95.6 Å². The number of para-hydroxylation sites is 2. The molecule has 1 amide bonds. The van der Waals surface area contributed by atoms with Crippen LogP contribution in [0, 0.1) is 0 Å². The van der Waals surface area contributed by atoms with Crippen molar-refractivity contribution >= 4 is 11.6 Å². The van der Waals surface area contributed by atoms with Crippen molar-refractivity contribution in [1.82, 2.24) is 4.90 Å². The molecule has 0 radical (unpaired) electrons. The van der Waals surface area contributed by atoms with E-state index in [1.165, 1.54) is 24.8 Å². The molecule has 0 aromatic heterocycles. The van der Waals surface area contributed by atoms with Gasteiger partial charge in [0.15, 0.2) is 0 Å². The normalized spacial score (nSPS) is 15.2. The molecule has 1 heterocycles. The smallest absolute Gasteiger partial charge is 0.257 e. The number of anilines is 1. The maximum absolute atomic E-state index is 13.5. The van der Waals surface area contributed by atoms with Crippen LogP contribution in [0.2, 0.25) is 0 Å². The molecule has 166 valence electrons. The molecule has 0 bridgehead atoms. The van der Waals surface area contributed by atoms with E-state index in [1.54, 1.807) is 0 Å². The largest absolute Gasteiger partial charge is 0.493 e. The minimum Gasteiger partial charge on any atom is -0.493 e. The molecule has 4 nitrogen and oxygen atoms in total. The number of nitrogens with zero attached hydrogens (tertiary/aromatic N) is 1. The van der Waals surface area contributed by atoms with E-state index in [0.717, 1.165) is 35.4 Å². The maximum Gasteiger partial charge on any atom is 0.257 e. The van der Waals surface area contributed by atoms with Gasteiger partial charge >= 0.3 is 0 Å². The molecule has 0 spiro atoms. The molecule has 3 aromatic carbocycles. The van der Waals surface area contributed by atoms with E-state index in [1.807, 2.05) is 65.6 Å². The van der Waals surface area contributed by atoms with Crippen molar-refractivity contribution in [2.45, 2.75) is 45.2 Å². The summed E-state index contributed by atoms with van der Waals surface area (Å²) in [5.74, 6) is 0.899. The highest BCUT2D eigenvalue weighted by Gasteiger charge is 2.34. The highest BCUT2D eigenvalue weighted by molar-refractivity contribution is 6.01. The molecule has 1 unspecified atom stereocenters. The Morgan fingerprint density at radius 1 is 0.875 bits per heavy atom. The van der Waals surface area contributed by atoms with Crippen molar-refractivity contribution in [3.8, 4) is 5.75 Å². The zero-order valence-electron chi connectivity index (χ0n) is 18.8. The second kappa shape index (κ2) is 10.9. The van der Waals surface area contributed by atoms with Crippen molar-refractivity contribution in [3.63, 3.8) is 0 Å². The second-order valence-electron chi connectivity index (χ2n) is 8.27. The van der Waals surface area contributed by atoms with Gasteiger partial charge in [0.1, 0.15) is 11.9 Å². The third kappa shape index (κ3) is 5.13. The fourth-order valence-corrected chi connectivity index (χ4v) is 4.21. The third-order valence-electron chi connectivity index (χ3n) is 5.98. The van der Waals surface area contributed by atoms with Crippen LogP contribution in [0.4, 0.5) is 5.69 Å². The average Bonchev–Trinajstić information content (AvgIpc) is 2.84. The molecular weight excluding hydrogens is 396 g/mol. The van der Waals surface area contributed by atoms with E-state index < -0.39 is 0 Å². The van der Waals surface area contributed by atoms with Gasteiger partial charge in [0.2, 0.25) is 0 Å². The van der Waals surface area contributed by atoms with E-state index in [4.69, 9.17) is 4.74 Å². The second-order valence-corrected chi connectivity index (χ2v) is 8.27. The van der Waals surface area contributed by atoms with Gasteiger partial charge in [0.05, 0.1) is 12.2 Å². The Labute approximate surface area is 191 Å². The molecule has 0 fully saturated rings. The van der Waals surface area contributed by atoms with Gasteiger partial charge in [-0.05, 0) is 36.6 Å². The number of ether oxygens (including phenoxy) is 1. The van der Waals surface area contributed by atoms with Crippen molar-refractivity contribution in [2.24, 2.45) is 0 Å². The first-order valence-electron chi connectivity index (χ1n) is 11.7. The van der Waals surface area contributed by atoms with Gasteiger partial charge in [-0.25, -0.2) is 0 Å². The molecule has 0 aliphatic carbocycles. The monoisotopic (exact) mass is 428 g/mol. The minimum absolute atomic E-state index is 0.0537. The summed E-state index contributed by atoms with van der Waals surface area (Å²) in [5.41, 5.74) is 3.81. The number of unbranched alkanes of at least 4 members (excludes halogenated alkanes) is 3. The topological polar surface area (TPSA) is 41.6 Å². The Kier molecular flexibility index (Phi) is 7.44. The molecular formula is C28H32N2O2. The van der Waals surface area contributed by atoms with Gasteiger partial charge in [-0.2, -0.15) is 0 Å². The summed E-state index contributed by atoms with van der Waals surface area (Å²) < 4.78 is 6.19. The lowest BCUT2D eigenvalue weighted by molar-refractivity contribution is 0.0683. The van der Waals surface area contributed by atoms with E-state index in [0.29, 0.717) is 13.2 Å². The Morgan fingerprint density at radius 3 is 2.47 bits per heavy atom. The summed E-state index contributed by atoms with van der Waals surface area (Å²) in [6, 6.07) is 26.2. The van der Waals surface area contributed by atoms with E-state index in [2.05, 4.69) is 30.4 Å². The van der Waals surface area contributed by atoms with Crippen LogP contribution in [0.1, 0.15) is 60.3 Å². The van der Waals surface area contributed by atoms with Gasteiger partial charge < -0.3 is 15.0 Å². The molecule has 32 heavy (non-hydrogen) atoms. The van der Waals surface area contributed by atoms with Crippen LogP contribution < -0.4 is 10.1 Å². The van der Waals surface area contributed by atoms with Gasteiger partial charge in [-0.15, -0.1) is 0 Å². The van der Waals surface area contributed by atoms with Crippen LogP contribution in [0.15, 0.2) is 78.9 Å². The first-order valence-corrected chi connectivity index (χ1v) is 11.7. The summed E-state index contributed by atoms with van der Waals surface area (Å²) in [4.78, 5) is 15.4. The highest BCUT2D eigenvalue weighted by atomic mass is 16.5. The number of carbonyl (C=O) groups excluding carboxylic acids is 1. The summed E-state index contributed by atoms with van der Waals surface area (Å²) >= 11 is 0. The zero-order valence-corrected chi connectivity index (χ0v) is 18.8. The standard InChI is InChI=1S/C28H32N2O2/c1-2-3-4-12-21-32-26-18-11-9-16-24(26)27-29-25-17-10-8-15-23(25)28(31)30(27)20-19-22-13-6-5-7-14-22/h5-11,13-18,27,29H,2-4,12,19-21H2,1H3. The molecule has 4 heteroatoms. The molecule has 1 aliphatic rings. The molecule has 4 rings (SSSR count). The average molecular weight is 429 g/mol. The fraction of sp³-hybridized carbons (Fsp3) is 0.321. The number of nitrogens with one attached hydrogen (secondary N) is 1. The first kappa shape index (κ1) is 21.9. The van der Waals surface area contributed by atoms with Crippen LogP contribution >= 0.6 is 0 Å². The summed E-state index contributed by atoms with van der Waals surface area (Å²) in [6.07, 6.45) is 5.18. The van der Waals surface area contributed by atoms with Crippen LogP contribution in [0.25, 0.3) is 0 Å². The molecule has 1 atom stereocenters. The van der Waals surface area contributed by atoms with Crippen molar-refractivity contribution in [2.75, 3.05) is 18.5 Å². The number of amides is 1.